The lowest BCUT2D eigenvalue weighted by atomic mass is 9.51. The highest BCUT2D eigenvalue weighted by Gasteiger charge is 3.05. The standard InChI is InChI=1S/C20H24O11/c1-5-12(24)28-11-8(22)18-10-6(21)7(16(2,3)4)17(18)9(23)13(25)30-15(17)31-20(18,14(26)29-10)19(5,11)27/h5-11,15,21-23,27H,1-4H3/t5-,6-,7?,8?,9?,10+,11+,15+,17?,18?,19-,20+/m1/s1. The molecule has 2 saturated carbocycles. The van der Waals surface area contributed by atoms with E-state index in [0.717, 1.165) is 0 Å². The number of hydrogen-bond acceptors (Lipinski definition) is 11. The minimum atomic E-state index is -2.40. The van der Waals surface area contributed by atoms with Crippen LogP contribution >= 0.6 is 0 Å². The largest absolute Gasteiger partial charge is 0.456 e. The van der Waals surface area contributed by atoms with Crippen LogP contribution in [0.2, 0.25) is 0 Å². The van der Waals surface area contributed by atoms with Gasteiger partial charge in [-0.05, 0) is 12.3 Å². The molecule has 2 aliphatic carbocycles. The van der Waals surface area contributed by atoms with Gasteiger partial charge in [0.2, 0.25) is 11.9 Å². The Morgan fingerprint density at radius 1 is 0.935 bits per heavy atom. The zero-order chi connectivity index (χ0) is 22.7. The number of carbonyl (C=O) groups is 3. The Hall–Kier alpha value is -1.79. The molecule has 0 aromatic heterocycles. The molecular weight excluding hydrogens is 416 g/mol. The van der Waals surface area contributed by atoms with Gasteiger partial charge in [0.25, 0.3) is 0 Å². The first-order valence-electron chi connectivity index (χ1n) is 10.3. The SMILES string of the molecule is C[C@@H]1C(=O)O[C@H]2C(O)C34[C@H]5OC(=O)[C@@]3(O[C@@H]3OC(=O)C(O)C34C(C(C)(C)C)[C@H]5O)[C@@]12O. The van der Waals surface area contributed by atoms with Crippen molar-refractivity contribution in [2.45, 2.75) is 75.7 Å². The molecule has 4 aliphatic heterocycles. The molecule has 6 aliphatic rings. The monoisotopic (exact) mass is 440 g/mol. The molecule has 2 spiro atoms. The molecule has 11 nitrogen and oxygen atoms in total. The minimum Gasteiger partial charge on any atom is -0.456 e. The second-order valence-electron chi connectivity index (χ2n) is 10.8. The van der Waals surface area contributed by atoms with Crippen molar-refractivity contribution in [1.29, 1.82) is 0 Å². The summed E-state index contributed by atoms with van der Waals surface area (Å²) in [5.74, 6) is -5.22. The van der Waals surface area contributed by atoms with E-state index in [9.17, 15) is 34.8 Å². The Kier molecular flexibility index (Phi) is 3.15. The van der Waals surface area contributed by atoms with Gasteiger partial charge < -0.3 is 39.4 Å². The maximum atomic E-state index is 13.4. The second-order valence-corrected chi connectivity index (χ2v) is 10.8. The molecular formula is C20H24O11. The Bertz CT molecular complexity index is 957. The number of aliphatic hydroxyl groups excluding tert-OH is 3. The second kappa shape index (κ2) is 4.91. The van der Waals surface area contributed by atoms with Crippen molar-refractivity contribution in [3.05, 3.63) is 0 Å². The van der Waals surface area contributed by atoms with Gasteiger partial charge in [-0.1, -0.05) is 20.8 Å². The third-order valence-electron chi connectivity index (χ3n) is 8.95. The first-order chi connectivity index (χ1) is 14.3. The highest BCUT2D eigenvalue weighted by atomic mass is 16.8. The highest BCUT2D eigenvalue weighted by molar-refractivity contribution is 5.94. The molecule has 11 heteroatoms. The van der Waals surface area contributed by atoms with E-state index in [-0.39, 0.29) is 0 Å². The van der Waals surface area contributed by atoms with E-state index in [0.29, 0.717) is 0 Å². The van der Waals surface area contributed by atoms with Crippen molar-refractivity contribution >= 4 is 17.9 Å². The number of fused-ring (bicyclic) bond motifs is 1. The molecule has 4 N–H and O–H groups in total. The zero-order valence-electron chi connectivity index (χ0n) is 17.3. The Morgan fingerprint density at radius 2 is 1.58 bits per heavy atom. The van der Waals surface area contributed by atoms with Crippen molar-refractivity contribution in [1.82, 2.24) is 0 Å². The first-order valence-corrected chi connectivity index (χ1v) is 10.3. The van der Waals surface area contributed by atoms with Gasteiger partial charge >= 0.3 is 17.9 Å². The first kappa shape index (κ1) is 19.9. The lowest BCUT2D eigenvalue weighted by Gasteiger charge is -2.47. The fourth-order valence-corrected chi connectivity index (χ4v) is 8.27. The quantitative estimate of drug-likeness (QED) is 0.234. The molecule has 0 bridgehead atoms. The molecule has 0 radical (unpaired) electrons. The third kappa shape index (κ3) is 1.43. The number of carbonyl (C=O) groups excluding carboxylic acids is 3. The highest BCUT2D eigenvalue weighted by Crippen LogP contribution is 2.84. The molecule has 4 heterocycles. The van der Waals surface area contributed by atoms with Crippen molar-refractivity contribution in [2.24, 2.45) is 28.1 Å². The molecule has 170 valence electrons. The molecule has 5 unspecified atom stereocenters. The average Bonchev–Trinajstić information content (AvgIpc) is 3.35. The van der Waals surface area contributed by atoms with Crippen LogP contribution in [0.25, 0.3) is 0 Å². The number of esters is 3. The summed E-state index contributed by atoms with van der Waals surface area (Å²) in [7, 11) is 0. The molecule has 31 heavy (non-hydrogen) atoms. The fraction of sp³-hybridized carbons (Fsp3) is 0.850. The van der Waals surface area contributed by atoms with E-state index >= 15 is 0 Å². The summed E-state index contributed by atoms with van der Waals surface area (Å²) >= 11 is 0. The van der Waals surface area contributed by atoms with E-state index in [4.69, 9.17) is 18.9 Å². The van der Waals surface area contributed by atoms with Gasteiger partial charge in [-0.25, -0.2) is 9.59 Å². The van der Waals surface area contributed by atoms with Crippen molar-refractivity contribution in [3.63, 3.8) is 0 Å². The van der Waals surface area contributed by atoms with Crippen LogP contribution in [0, 0.1) is 28.1 Å². The zero-order valence-corrected chi connectivity index (χ0v) is 17.3. The van der Waals surface area contributed by atoms with Crippen molar-refractivity contribution < 1.29 is 53.8 Å². The topological polar surface area (TPSA) is 169 Å². The van der Waals surface area contributed by atoms with E-state index in [1.807, 2.05) is 0 Å². The van der Waals surface area contributed by atoms with Crippen LogP contribution in [0.5, 0.6) is 0 Å². The number of ether oxygens (including phenoxy) is 4. The molecule has 0 amide bonds. The van der Waals surface area contributed by atoms with Crippen molar-refractivity contribution in [2.75, 3.05) is 0 Å². The van der Waals surface area contributed by atoms with Crippen LogP contribution in [0.1, 0.15) is 27.7 Å². The summed E-state index contributed by atoms with van der Waals surface area (Å²) < 4.78 is 22.2. The van der Waals surface area contributed by atoms with Gasteiger partial charge in [0, 0.05) is 5.92 Å². The van der Waals surface area contributed by atoms with Gasteiger partial charge in [0.15, 0.2) is 17.8 Å². The predicted octanol–water partition coefficient (Wildman–Crippen LogP) is -2.40. The van der Waals surface area contributed by atoms with Gasteiger partial charge in [-0.2, -0.15) is 0 Å². The van der Waals surface area contributed by atoms with Crippen molar-refractivity contribution in [3.8, 4) is 0 Å². The number of aliphatic hydroxyl groups is 4. The molecule has 12 atom stereocenters. The summed E-state index contributed by atoms with van der Waals surface area (Å²) in [5.41, 5.74) is -9.40. The van der Waals surface area contributed by atoms with Gasteiger partial charge in [-0.3, -0.25) is 4.79 Å². The predicted molar refractivity (Wildman–Crippen MR) is 93.4 cm³/mol. The van der Waals surface area contributed by atoms with E-state index in [2.05, 4.69) is 0 Å². The third-order valence-corrected chi connectivity index (χ3v) is 8.95. The maximum absolute atomic E-state index is 13.4. The summed E-state index contributed by atoms with van der Waals surface area (Å²) in [6.45, 7) is 6.63. The van der Waals surface area contributed by atoms with Gasteiger partial charge in [-0.15, -0.1) is 0 Å². The van der Waals surface area contributed by atoms with E-state index < -0.39 is 94.0 Å². The van der Waals surface area contributed by atoms with E-state index in [1.165, 1.54) is 6.92 Å². The average molecular weight is 440 g/mol. The summed E-state index contributed by atoms with van der Waals surface area (Å²) in [5, 5.41) is 46.1. The normalized spacial score (nSPS) is 61.0. The Morgan fingerprint density at radius 3 is 2.19 bits per heavy atom. The van der Waals surface area contributed by atoms with Crippen LogP contribution < -0.4 is 0 Å². The summed E-state index contributed by atoms with van der Waals surface area (Å²) in [4.78, 5) is 38.3. The molecule has 4 saturated heterocycles. The van der Waals surface area contributed by atoms with Crippen LogP contribution in [0.15, 0.2) is 0 Å². The molecule has 0 aromatic carbocycles. The fourth-order valence-electron chi connectivity index (χ4n) is 8.27. The van der Waals surface area contributed by atoms with Crippen LogP contribution in [0.4, 0.5) is 0 Å². The smallest absolute Gasteiger partial charge is 0.343 e. The summed E-state index contributed by atoms with van der Waals surface area (Å²) in [6.07, 6.45) is -9.69. The Labute approximate surface area is 176 Å². The van der Waals surface area contributed by atoms with Crippen LogP contribution in [-0.4, -0.2) is 86.3 Å². The Balaban J connectivity index is 1.75. The molecule has 0 aromatic rings. The van der Waals surface area contributed by atoms with Crippen LogP contribution in [0.3, 0.4) is 0 Å². The lowest BCUT2D eigenvalue weighted by Crippen LogP contribution is -2.67. The number of hydrogen-bond donors (Lipinski definition) is 4. The lowest BCUT2D eigenvalue weighted by molar-refractivity contribution is -0.240. The van der Waals surface area contributed by atoms with E-state index in [1.54, 1.807) is 20.8 Å². The van der Waals surface area contributed by atoms with Gasteiger partial charge in [0.1, 0.15) is 12.2 Å². The van der Waals surface area contributed by atoms with Crippen LogP contribution in [-0.2, 0) is 33.3 Å². The number of rotatable bonds is 0. The molecule has 6 rings (SSSR count). The minimum absolute atomic E-state index is 0.792. The molecule has 6 fully saturated rings. The van der Waals surface area contributed by atoms with Gasteiger partial charge in [0.05, 0.1) is 22.9 Å². The summed E-state index contributed by atoms with van der Waals surface area (Å²) in [6, 6.07) is 0. The maximum Gasteiger partial charge on any atom is 0.343 e.